The maximum atomic E-state index is 12.9. The van der Waals surface area contributed by atoms with Crippen molar-refractivity contribution in [3.8, 4) is 0 Å². The van der Waals surface area contributed by atoms with E-state index in [9.17, 15) is 9.59 Å². The Hall–Kier alpha value is -2.37. The lowest BCUT2D eigenvalue weighted by Gasteiger charge is -2.32. The number of rotatable bonds is 3. The van der Waals surface area contributed by atoms with E-state index in [-0.39, 0.29) is 5.91 Å². The first-order chi connectivity index (χ1) is 10.6. The van der Waals surface area contributed by atoms with Gasteiger partial charge in [-0.15, -0.1) is 0 Å². The van der Waals surface area contributed by atoms with Crippen LogP contribution in [0.25, 0.3) is 5.65 Å². The van der Waals surface area contributed by atoms with Crippen LogP contribution in [0.3, 0.4) is 0 Å². The Morgan fingerprint density at radius 1 is 1.32 bits per heavy atom. The Kier molecular flexibility index (Phi) is 3.83. The van der Waals surface area contributed by atoms with Gasteiger partial charge in [0.05, 0.1) is 5.69 Å². The zero-order chi connectivity index (χ0) is 15.7. The number of nitrogens with zero attached hydrogens (tertiary/aromatic N) is 4. The third kappa shape index (κ3) is 2.45. The van der Waals surface area contributed by atoms with E-state index in [0.717, 1.165) is 29.7 Å². The van der Waals surface area contributed by atoms with E-state index < -0.39 is 0 Å². The molecule has 116 valence electrons. The SMILES string of the molecule is CCc1nc2cc(C)ccn2c1C(=O)N1CCN(C=O)CC1. The van der Waals surface area contributed by atoms with Gasteiger partial charge in [-0.1, -0.05) is 6.92 Å². The van der Waals surface area contributed by atoms with Gasteiger partial charge >= 0.3 is 0 Å². The van der Waals surface area contributed by atoms with Crippen molar-refractivity contribution in [1.82, 2.24) is 19.2 Å². The number of aromatic nitrogens is 2. The molecule has 2 aromatic rings. The maximum Gasteiger partial charge on any atom is 0.272 e. The van der Waals surface area contributed by atoms with Gasteiger partial charge < -0.3 is 9.80 Å². The van der Waals surface area contributed by atoms with Crippen LogP contribution in [0.5, 0.6) is 0 Å². The molecule has 6 nitrogen and oxygen atoms in total. The van der Waals surface area contributed by atoms with Crippen LogP contribution in [-0.2, 0) is 11.2 Å². The van der Waals surface area contributed by atoms with Crippen molar-refractivity contribution in [2.75, 3.05) is 26.2 Å². The molecule has 0 aliphatic carbocycles. The van der Waals surface area contributed by atoms with Gasteiger partial charge in [0.15, 0.2) is 0 Å². The van der Waals surface area contributed by atoms with E-state index in [4.69, 9.17) is 0 Å². The molecule has 1 aliphatic rings. The summed E-state index contributed by atoms with van der Waals surface area (Å²) in [6.45, 7) is 6.34. The van der Waals surface area contributed by atoms with Gasteiger partial charge in [0, 0.05) is 32.4 Å². The minimum Gasteiger partial charge on any atom is -0.342 e. The lowest BCUT2D eigenvalue weighted by molar-refractivity contribution is -0.119. The molecule has 1 saturated heterocycles. The highest BCUT2D eigenvalue weighted by Crippen LogP contribution is 2.17. The van der Waals surface area contributed by atoms with Gasteiger partial charge in [-0.25, -0.2) is 4.98 Å². The van der Waals surface area contributed by atoms with Gasteiger partial charge in [0.1, 0.15) is 11.3 Å². The van der Waals surface area contributed by atoms with Gasteiger partial charge in [0.25, 0.3) is 5.91 Å². The number of hydrogen-bond donors (Lipinski definition) is 0. The van der Waals surface area contributed by atoms with Crippen molar-refractivity contribution >= 4 is 18.0 Å². The molecular weight excluding hydrogens is 280 g/mol. The maximum absolute atomic E-state index is 12.9. The van der Waals surface area contributed by atoms with Crippen LogP contribution in [0.2, 0.25) is 0 Å². The minimum absolute atomic E-state index is 0.00116. The number of imidazole rings is 1. The number of carbonyl (C=O) groups excluding carboxylic acids is 2. The molecule has 2 aromatic heterocycles. The molecule has 0 unspecified atom stereocenters. The highest BCUT2D eigenvalue weighted by atomic mass is 16.2. The molecule has 0 radical (unpaired) electrons. The van der Waals surface area contributed by atoms with Crippen LogP contribution in [0.4, 0.5) is 0 Å². The number of hydrogen-bond acceptors (Lipinski definition) is 3. The second-order valence-electron chi connectivity index (χ2n) is 5.63. The fraction of sp³-hybridized carbons (Fsp3) is 0.438. The zero-order valence-electron chi connectivity index (χ0n) is 13.0. The van der Waals surface area contributed by atoms with Crippen LogP contribution < -0.4 is 0 Å². The summed E-state index contributed by atoms with van der Waals surface area (Å²) in [6, 6.07) is 3.97. The van der Waals surface area contributed by atoms with Crippen molar-refractivity contribution in [2.45, 2.75) is 20.3 Å². The Morgan fingerprint density at radius 3 is 2.68 bits per heavy atom. The van der Waals surface area contributed by atoms with Crippen molar-refractivity contribution in [3.05, 3.63) is 35.3 Å². The van der Waals surface area contributed by atoms with Crippen LogP contribution >= 0.6 is 0 Å². The summed E-state index contributed by atoms with van der Waals surface area (Å²) >= 11 is 0. The fourth-order valence-electron chi connectivity index (χ4n) is 2.85. The van der Waals surface area contributed by atoms with Crippen molar-refractivity contribution in [1.29, 1.82) is 0 Å². The Labute approximate surface area is 129 Å². The van der Waals surface area contributed by atoms with Gasteiger partial charge in [-0.05, 0) is 31.0 Å². The third-order valence-electron chi connectivity index (χ3n) is 4.14. The minimum atomic E-state index is -0.00116. The molecule has 2 amide bonds. The molecule has 0 spiro atoms. The van der Waals surface area contributed by atoms with E-state index in [1.165, 1.54) is 0 Å². The van der Waals surface area contributed by atoms with E-state index in [1.54, 1.807) is 4.90 Å². The predicted octanol–water partition coefficient (Wildman–Crippen LogP) is 1.12. The van der Waals surface area contributed by atoms with Gasteiger partial charge in [-0.2, -0.15) is 0 Å². The summed E-state index contributed by atoms with van der Waals surface area (Å²) in [6.07, 6.45) is 3.47. The molecule has 0 bridgehead atoms. The largest absolute Gasteiger partial charge is 0.342 e. The molecular formula is C16H20N4O2. The van der Waals surface area contributed by atoms with Crippen molar-refractivity contribution in [2.24, 2.45) is 0 Å². The van der Waals surface area contributed by atoms with Crippen LogP contribution in [0.15, 0.2) is 18.3 Å². The highest BCUT2D eigenvalue weighted by molar-refractivity contribution is 5.95. The summed E-state index contributed by atoms with van der Waals surface area (Å²) < 4.78 is 1.88. The Balaban J connectivity index is 1.95. The number of aryl methyl sites for hydroxylation is 2. The molecule has 0 atom stereocenters. The lowest BCUT2D eigenvalue weighted by Crippen LogP contribution is -2.48. The number of piperazine rings is 1. The van der Waals surface area contributed by atoms with E-state index in [2.05, 4.69) is 4.98 Å². The molecule has 1 aliphatic heterocycles. The monoisotopic (exact) mass is 300 g/mol. The summed E-state index contributed by atoms with van der Waals surface area (Å²) in [5.41, 5.74) is 3.41. The van der Waals surface area contributed by atoms with Gasteiger partial charge in [0.2, 0.25) is 6.41 Å². The van der Waals surface area contributed by atoms with E-state index in [1.807, 2.05) is 41.5 Å². The third-order valence-corrected chi connectivity index (χ3v) is 4.14. The first kappa shape index (κ1) is 14.6. The Morgan fingerprint density at radius 2 is 2.05 bits per heavy atom. The quantitative estimate of drug-likeness (QED) is 0.798. The standard InChI is InChI=1S/C16H20N4O2/c1-3-13-15(20-5-4-12(2)10-14(20)17-13)16(22)19-8-6-18(11-21)7-9-19/h4-5,10-11H,3,6-9H2,1-2H3. The first-order valence-electron chi connectivity index (χ1n) is 7.60. The molecule has 22 heavy (non-hydrogen) atoms. The van der Waals surface area contributed by atoms with Crippen LogP contribution in [0, 0.1) is 6.92 Å². The summed E-state index contributed by atoms with van der Waals surface area (Å²) in [4.78, 5) is 31.8. The number of fused-ring (bicyclic) bond motifs is 1. The normalized spacial score (nSPS) is 15.4. The van der Waals surface area contributed by atoms with Crippen molar-refractivity contribution < 1.29 is 9.59 Å². The predicted molar refractivity (Wildman–Crippen MR) is 82.8 cm³/mol. The number of carbonyl (C=O) groups is 2. The average molecular weight is 300 g/mol. The topological polar surface area (TPSA) is 57.9 Å². The second kappa shape index (κ2) is 5.79. The molecule has 0 aromatic carbocycles. The first-order valence-corrected chi connectivity index (χ1v) is 7.60. The number of amides is 2. The second-order valence-corrected chi connectivity index (χ2v) is 5.63. The molecule has 1 fully saturated rings. The Bertz CT molecular complexity index is 714. The molecule has 3 rings (SSSR count). The highest BCUT2D eigenvalue weighted by Gasteiger charge is 2.26. The molecule has 0 saturated carbocycles. The molecule has 0 N–H and O–H groups in total. The fourth-order valence-corrected chi connectivity index (χ4v) is 2.85. The summed E-state index contributed by atoms with van der Waals surface area (Å²) in [5, 5.41) is 0. The van der Waals surface area contributed by atoms with Crippen LogP contribution in [0.1, 0.15) is 28.7 Å². The van der Waals surface area contributed by atoms with Crippen molar-refractivity contribution in [3.63, 3.8) is 0 Å². The summed E-state index contributed by atoms with van der Waals surface area (Å²) in [7, 11) is 0. The van der Waals surface area contributed by atoms with Crippen LogP contribution in [-0.4, -0.2) is 57.7 Å². The summed E-state index contributed by atoms with van der Waals surface area (Å²) in [5.74, 6) is -0.00116. The van der Waals surface area contributed by atoms with Gasteiger partial charge in [-0.3, -0.25) is 14.0 Å². The van der Waals surface area contributed by atoms with E-state index >= 15 is 0 Å². The molecule has 6 heteroatoms. The smallest absolute Gasteiger partial charge is 0.272 e. The lowest BCUT2D eigenvalue weighted by atomic mass is 10.2. The van der Waals surface area contributed by atoms with E-state index in [0.29, 0.717) is 31.9 Å². The molecule has 3 heterocycles. The number of pyridine rings is 1. The average Bonchev–Trinajstić information content (AvgIpc) is 2.91. The zero-order valence-corrected chi connectivity index (χ0v) is 13.0.